The van der Waals surface area contributed by atoms with Gasteiger partial charge in [-0.2, -0.15) is 5.10 Å². The molecule has 0 spiro atoms. The first-order chi connectivity index (χ1) is 17.8. The van der Waals surface area contributed by atoms with Gasteiger partial charge in [0.1, 0.15) is 17.4 Å². The summed E-state index contributed by atoms with van der Waals surface area (Å²) in [5.74, 6) is -1.69. The second-order valence-electron chi connectivity index (χ2n) is 8.81. The lowest BCUT2D eigenvalue weighted by molar-refractivity contribution is -0.133. The lowest BCUT2D eigenvalue weighted by Gasteiger charge is -2.30. The van der Waals surface area contributed by atoms with Crippen molar-refractivity contribution in [3.8, 4) is 0 Å². The highest BCUT2D eigenvalue weighted by molar-refractivity contribution is 6.00. The fourth-order valence-corrected chi connectivity index (χ4v) is 4.24. The van der Waals surface area contributed by atoms with Gasteiger partial charge in [0.15, 0.2) is 11.2 Å². The van der Waals surface area contributed by atoms with Gasteiger partial charge in [0.2, 0.25) is 5.91 Å². The zero-order valence-corrected chi connectivity index (χ0v) is 20.4. The monoisotopic (exact) mass is 506 g/mol. The van der Waals surface area contributed by atoms with Gasteiger partial charge in [0.25, 0.3) is 11.8 Å². The first-order valence-corrected chi connectivity index (χ1v) is 11.8. The molecular formula is C24H26N8O5. The second-order valence-corrected chi connectivity index (χ2v) is 8.81. The molecule has 4 heterocycles. The topological polar surface area (TPSA) is 156 Å². The number of benzene rings is 1. The van der Waals surface area contributed by atoms with Crippen LogP contribution in [-0.2, 0) is 18.4 Å². The third-order valence-corrected chi connectivity index (χ3v) is 6.28. The van der Waals surface area contributed by atoms with E-state index in [1.807, 2.05) is 0 Å². The summed E-state index contributed by atoms with van der Waals surface area (Å²) in [6.45, 7) is 4.36. The molecular weight excluding hydrogens is 480 g/mol. The molecule has 3 N–H and O–H groups in total. The van der Waals surface area contributed by atoms with Crippen LogP contribution in [0, 0.1) is 0 Å². The molecule has 0 radical (unpaired) electrons. The molecule has 37 heavy (non-hydrogen) atoms. The van der Waals surface area contributed by atoms with Gasteiger partial charge in [-0.25, -0.2) is 14.3 Å². The van der Waals surface area contributed by atoms with Crippen LogP contribution in [0.2, 0.25) is 0 Å². The van der Waals surface area contributed by atoms with E-state index < -0.39 is 23.6 Å². The van der Waals surface area contributed by atoms with Crippen LogP contribution in [0.5, 0.6) is 0 Å². The average molecular weight is 507 g/mol. The molecule has 4 aromatic rings. The highest BCUT2D eigenvalue weighted by atomic mass is 16.4. The minimum Gasteiger partial charge on any atom is -0.408 e. The Morgan fingerprint density at radius 2 is 1.92 bits per heavy atom. The van der Waals surface area contributed by atoms with E-state index in [2.05, 4.69) is 26.0 Å². The molecule has 0 bridgehead atoms. The van der Waals surface area contributed by atoms with Crippen molar-refractivity contribution in [2.24, 2.45) is 7.05 Å². The number of aryl methyl sites for hydroxylation is 1. The predicted octanol–water partition coefficient (Wildman–Crippen LogP) is -0.346. The first-order valence-electron chi connectivity index (χ1n) is 11.8. The van der Waals surface area contributed by atoms with Gasteiger partial charge in [0.05, 0.1) is 11.7 Å². The number of amides is 3. The number of hydrogen-bond acceptors (Lipinski definition) is 8. The summed E-state index contributed by atoms with van der Waals surface area (Å²) in [6.07, 6.45) is 1.47. The molecule has 1 aliphatic heterocycles. The molecule has 13 heteroatoms. The summed E-state index contributed by atoms with van der Waals surface area (Å²) < 4.78 is 7.84. The summed E-state index contributed by atoms with van der Waals surface area (Å²) in [5.41, 5.74) is 2.23. The quantitative estimate of drug-likeness (QED) is 0.321. The van der Waals surface area contributed by atoms with Gasteiger partial charge in [0, 0.05) is 51.9 Å². The SMILES string of the molecule is C[C@H](NC(=O)c1cc(C(=O)NCc2ccc3oc(=O)n(C)c3c2)nc2ccnn12)C(=O)N1CCNCC1. The molecule has 1 atom stereocenters. The Morgan fingerprint density at radius 1 is 1.14 bits per heavy atom. The minimum atomic E-state index is -0.754. The average Bonchev–Trinajstić information content (AvgIpc) is 3.50. The van der Waals surface area contributed by atoms with Crippen molar-refractivity contribution < 1.29 is 18.8 Å². The molecule has 1 aromatic carbocycles. The maximum Gasteiger partial charge on any atom is 0.419 e. The van der Waals surface area contributed by atoms with Gasteiger partial charge in [-0.3, -0.25) is 19.0 Å². The van der Waals surface area contributed by atoms with Crippen molar-refractivity contribution in [1.82, 2.24) is 40.0 Å². The number of carbonyl (C=O) groups is 3. The van der Waals surface area contributed by atoms with Crippen LogP contribution in [0.1, 0.15) is 33.5 Å². The summed E-state index contributed by atoms with van der Waals surface area (Å²) in [4.78, 5) is 56.5. The summed E-state index contributed by atoms with van der Waals surface area (Å²) >= 11 is 0. The Labute approximate surface area is 210 Å². The van der Waals surface area contributed by atoms with Crippen LogP contribution in [0.3, 0.4) is 0 Å². The Hall–Kier alpha value is -4.52. The predicted molar refractivity (Wildman–Crippen MR) is 132 cm³/mol. The van der Waals surface area contributed by atoms with Crippen molar-refractivity contribution in [1.29, 1.82) is 0 Å². The van der Waals surface area contributed by atoms with E-state index in [9.17, 15) is 19.2 Å². The van der Waals surface area contributed by atoms with Gasteiger partial charge in [-0.1, -0.05) is 6.07 Å². The highest BCUT2D eigenvalue weighted by Crippen LogP contribution is 2.15. The molecule has 13 nitrogen and oxygen atoms in total. The van der Waals surface area contributed by atoms with Gasteiger partial charge >= 0.3 is 5.76 Å². The minimum absolute atomic E-state index is 0.0241. The van der Waals surface area contributed by atoms with Crippen molar-refractivity contribution in [3.63, 3.8) is 0 Å². The standard InChI is InChI=1S/C24H26N8O5/c1-14(23(35)31-9-7-25-8-10-31)28-22(34)18-12-16(29-20-5-6-27-32(18)20)21(33)26-13-15-3-4-19-17(11-15)30(2)24(36)37-19/h3-6,11-12,14,25H,7-10,13H2,1-2H3,(H,26,33)(H,28,34)/t14-/m0/s1. The lowest BCUT2D eigenvalue weighted by atomic mass is 10.2. The zero-order chi connectivity index (χ0) is 26.1. The van der Waals surface area contributed by atoms with Crippen LogP contribution < -0.4 is 21.7 Å². The smallest absolute Gasteiger partial charge is 0.408 e. The molecule has 3 amide bonds. The molecule has 1 fully saturated rings. The lowest BCUT2D eigenvalue weighted by Crippen LogP contribution is -2.53. The highest BCUT2D eigenvalue weighted by Gasteiger charge is 2.25. The first kappa shape index (κ1) is 24.2. The zero-order valence-electron chi connectivity index (χ0n) is 20.4. The van der Waals surface area contributed by atoms with Gasteiger partial charge < -0.3 is 25.3 Å². The van der Waals surface area contributed by atoms with E-state index in [0.717, 1.165) is 5.56 Å². The summed E-state index contributed by atoms with van der Waals surface area (Å²) in [7, 11) is 1.60. The van der Waals surface area contributed by atoms with Crippen LogP contribution in [-0.4, -0.2) is 74.0 Å². The molecule has 192 valence electrons. The number of nitrogens with zero attached hydrogens (tertiary/aromatic N) is 5. The fraction of sp³-hybridized carbons (Fsp3) is 0.333. The van der Waals surface area contributed by atoms with Crippen LogP contribution >= 0.6 is 0 Å². The Morgan fingerprint density at radius 3 is 2.70 bits per heavy atom. The molecule has 0 unspecified atom stereocenters. The van der Waals surface area contributed by atoms with Gasteiger partial charge in [-0.05, 0) is 24.6 Å². The van der Waals surface area contributed by atoms with Crippen LogP contribution in [0.4, 0.5) is 0 Å². The van der Waals surface area contributed by atoms with E-state index >= 15 is 0 Å². The largest absolute Gasteiger partial charge is 0.419 e. The van der Waals surface area contributed by atoms with E-state index in [4.69, 9.17) is 4.42 Å². The molecule has 5 rings (SSSR count). The van der Waals surface area contributed by atoms with Crippen molar-refractivity contribution in [3.05, 3.63) is 64.0 Å². The van der Waals surface area contributed by atoms with E-state index in [1.165, 1.54) is 21.3 Å². The third-order valence-electron chi connectivity index (χ3n) is 6.28. The van der Waals surface area contributed by atoms with Crippen LogP contribution in [0.25, 0.3) is 16.7 Å². The summed E-state index contributed by atoms with van der Waals surface area (Å²) in [5, 5.41) is 12.8. The number of carbonyl (C=O) groups excluding carboxylic acids is 3. The van der Waals surface area contributed by atoms with Crippen LogP contribution in [0.15, 0.2) is 45.7 Å². The normalized spacial score (nSPS) is 14.6. The van der Waals surface area contributed by atoms with E-state index in [1.54, 1.807) is 43.1 Å². The van der Waals surface area contributed by atoms with E-state index in [0.29, 0.717) is 42.9 Å². The molecule has 0 aliphatic carbocycles. The third kappa shape index (κ3) is 4.80. The number of rotatable bonds is 6. The molecule has 1 saturated heterocycles. The molecule has 3 aromatic heterocycles. The van der Waals surface area contributed by atoms with Gasteiger partial charge in [-0.15, -0.1) is 0 Å². The number of nitrogens with one attached hydrogen (secondary N) is 3. The van der Waals surface area contributed by atoms with Crippen molar-refractivity contribution >= 4 is 34.5 Å². The number of fused-ring (bicyclic) bond motifs is 2. The number of hydrogen-bond donors (Lipinski definition) is 3. The number of piperazine rings is 1. The maximum atomic E-state index is 13.1. The Kier molecular flexibility index (Phi) is 6.44. The molecule has 1 aliphatic rings. The van der Waals surface area contributed by atoms with Crippen molar-refractivity contribution in [2.45, 2.75) is 19.5 Å². The number of oxazole rings is 1. The second kappa shape index (κ2) is 9.85. The van der Waals surface area contributed by atoms with Crippen molar-refractivity contribution in [2.75, 3.05) is 26.2 Å². The fourth-order valence-electron chi connectivity index (χ4n) is 4.24. The maximum absolute atomic E-state index is 13.1. The summed E-state index contributed by atoms with van der Waals surface area (Å²) in [6, 6.07) is 7.33. The van der Waals surface area contributed by atoms with E-state index in [-0.39, 0.29) is 23.8 Å². The Balaban J connectivity index is 1.32. The number of aromatic nitrogens is 4. The molecule has 0 saturated carbocycles. The Bertz CT molecular complexity index is 1560.